The molecule has 3 saturated heterocycles. The molecule has 5 fully saturated rings. The molecule has 8 aliphatic rings. The maximum atomic E-state index is 14.5. The summed E-state index contributed by atoms with van der Waals surface area (Å²) >= 11 is 0. The number of esters is 3. The van der Waals surface area contributed by atoms with Crippen LogP contribution in [0.5, 0.6) is 17.2 Å². The first-order chi connectivity index (χ1) is 67.0. The van der Waals surface area contributed by atoms with E-state index in [1.54, 1.807) is 60.1 Å². The van der Waals surface area contributed by atoms with Crippen molar-refractivity contribution in [3.63, 3.8) is 0 Å². The number of pyridine rings is 3. The van der Waals surface area contributed by atoms with Crippen LogP contribution in [0.4, 0.5) is 13.2 Å². The molecule has 6 aliphatic heterocycles. The van der Waals surface area contributed by atoms with E-state index >= 15 is 0 Å². The van der Waals surface area contributed by atoms with Gasteiger partial charge in [-0.3, -0.25) is 28.8 Å². The van der Waals surface area contributed by atoms with Crippen LogP contribution < -0.4 is 19.9 Å². The number of para-hydroxylation sites is 3. The molecule has 13 atom stereocenters. The van der Waals surface area contributed by atoms with Crippen LogP contribution in [-0.2, 0) is 71.8 Å². The second-order valence-corrected chi connectivity index (χ2v) is 39.0. The van der Waals surface area contributed by atoms with Crippen molar-refractivity contribution in [3.8, 4) is 51.0 Å². The van der Waals surface area contributed by atoms with Crippen LogP contribution >= 0.6 is 0 Å². The number of carboxylic acids is 1. The number of ether oxygens (including phenoxy) is 6. The van der Waals surface area contributed by atoms with Gasteiger partial charge in [-0.05, 0) is 184 Å². The minimum atomic E-state index is -1.02. The van der Waals surface area contributed by atoms with E-state index in [2.05, 4.69) is 32.9 Å². The summed E-state index contributed by atoms with van der Waals surface area (Å²) in [6.45, 7) is 29.4. The van der Waals surface area contributed by atoms with Crippen LogP contribution in [0.1, 0.15) is 205 Å². The molecule has 3 amide bonds. The van der Waals surface area contributed by atoms with E-state index in [9.17, 15) is 56.6 Å². The lowest BCUT2D eigenvalue weighted by Gasteiger charge is -2.37. The number of fused-ring (bicyclic) bond motifs is 9. The zero-order valence-electron chi connectivity index (χ0n) is 81.1. The second kappa shape index (κ2) is 45.1. The van der Waals surface area contributed by atoms with E-state index in [1.807, 2.05) is 124 Å². The van der Waals surface area contributed by atoms with Crippen LogP contribution in [0.3, 0.4) is 0 Å². The molecule has 3 spiro atoms. The monoisotopic (exact) mass is 1900 g/mol. The minimum Gasteiger partial charge on any atom is -0.483 e. The van der Waals surface area contributed by atoms with Gasteiger partial charge in [-0.1, -0.05) is 181 Å². The van der Waals surface area contributed by atoms with Crippen LogP contribution in [0.15, 0.2) is 209 Å². The number of aryl methyl sites for hydroxylation is 3. The number of allylic oxidation sites excluding steroid dienone is 4. The molecule has 0 radical (unpaired) electrons. The standard InChI is InChI=1S/C41H47FN2O5.C33H37FN2O4.C32H35FN2O4.C8H13NO2/c1-5-8-9-10-11-15-27(4)38(46)44-26-40(24-34(44)35(45)25-41(23-29(41)6-2)39(47)48-7-3)21-20-32-31-18-12-13-19-33(31)43-36(37(32)49-40)28-16-14-17-30(42)22-28;1-4-5-6-7-8-12-22(2)31(37)36-21-33(20-28(36)32(38)39-3)18-17-26-25-15-9-10-16-27(25)35-29(30(26)40-33)23-13-11-14-24(34)19-23;1-3-4-5-6-7-11-21(2)30(36)35-20-32(19-27(35)31(37)38)17-16-25-24-14-8-9-15-26(24)34-28(29(25)39-32)22-12-10-13-23(33)18-22;1-3-6-5-8(6,9)7(10)11-4-2/h5-6,12-14,16-19,22,27,29,34H,1-2,7-11,15,20-21,23-26H2,3-4H3;4,9-11,13-16,19,22,28H,1,5-8,12,17-18,20-21H2,2-3H3;3,8-10,12-15,18,21,27H,1,4-7,11,16-17,19-20H2,2H3,(H,37,38);3,6H,1,4-5,9H2,2H3/t27-,29+,34-,40+,41+;22-,28-,33+;21-,27-,32+;6-,8-/m0001/s1. The molecule has 139 heavy (non-hydrogen) atoms. The van der Waals surface area contributed by atoms with Gasteiger partial charge in [0.1, 0.15) is 86.2 Å². The number of rotatable bonds is 35. The number of halogens is 3. The SMILES string of the molecule is C=CCCCCC[C@H](C)C(=O)N1C[C@@]2(CCc3c(c(-c4cccc(F)c4)nc4ccccc34)O2)C[C@H]1C(=O)C[C@]1(C(=O)OCC)C[C@H]1C=C.C=CCCCCC[C@H](C)C(=O)N1C[C@@]2(CCc3c(c(-c4cccc(F)c4)nc4ccccc34)O2)C[C@H]1C(=O)O.C=CCCCCC[C@H](C)C(=O)N1C[C@@]2(CCc3c(c(-c4cccc(F)c4)nc4ccccc34)O2)C[C@H]1C(=O)OC.C=C[C@@H]1C[C@]1(N)C(=O)OCC. The van der Waals surface area contributed by atoms with Gasteiger partial charge in [0.15, 0.2) is 5.78 Å². The molecule has 0 bridgehead atoms. The molecule has 17 rings (SSSR count). The normalized spacial score (nSPS) is 23.2. The fraction of sp³-hybridized carbons (Fsp3) is 0.447. The number of amides is 3. The number of nitrogens with two attached hydrogens (primary N) is 1. The number of carbonyl (C=O) groups excluding carboxylic acids is 7. The highest BCUT2D eigenvalue weighted by molar-refractivity contribution is 5.97. The zero-order valence-corrected chi connectivity index (χ0v) is 81.1. The highest BCUT2D eigenvalue weighted by Crippen LogP contribution is 2.59. The summed E-state index contributed by atoms with van der Waals surface area (Å²) in [6.07, 6.45) is 29.0. The lowest BCUT2D eigenvalue weighted by atomic mass is 9.85. The third-order valence-corrected chi connectivity index (χ3v) is 29.3. The summed E-state index contributed by atoms with van der Waals surface area (Å²) in [5, 5.41) is 13.0. The first-order valence-corrected chi connectivity index (χ1v) is 49.5. The van der Waals surface area contributed by atoms with Crippen molar-refractivity contribution in [1.29, 1.82) is 0 Å². The van der Waals surface area contributed by atoms with Crippen LogP contribution in [0.25, 0.3) is 66.5 Å². The highest BCUT2D eigenvalue weighted by Gasteiger charge is 2.63. The first-order valence-electron chi connectivity index (χ1n) is 49.5. The van der Waals surface area contributed by atoms with Crippen molar-refractivity contribution in [1.82, 2.24) is 29.7 Å². The maximum Gasteiger partial charge on any atom is 0.328 e. The van der Waals surface area contributed by atoms with Crippen molar-refractivity contribution in [2.45, 2.75) is 248 Å². The van der Waals surface area contributed by atoms with Gasteiger partial charge < -0.3 is 54.0 Å². The molecule has 6 aromatic carbocycles. The van der Waals surface area contributed by atoms with Gasteiger partial charge in [-0.25, -0.2) is 37.7 Å². The summed E-state index contributed by atoms with van der Waals surface area (Å²) in [5.41, 5.74) is 10.4. The Morgan fingerprint density at radius 3 is 1.15 bits per heavy atom. The summed E-state index contributed by atoms with van der Waals surface area (Å²) in [4.78, 5) is 125. The number of ketones is 1. The second-order valence-electron chi connectivity index (χ2n) is 39.0. The minimum absolute atomic E-state index is 0.0136. The number of carbonyl (C=O) groups is 8. The van der Waals surface area contributed by atoms with Gasteiger partial charge in [0.25, 0.3) is 0 Å². The number of aliphatic carboxylic acids is 1. The fourth-order valence-electron chi connectivity index (χ4n) is 21.3. The summed E-state index contributed by atoms with van der Waals surface area (Å²) in [5.74, 6) is -2.71. The predicted octanol–water partition coefficient (Wildman–Crippen LogP) is 21.9. The van der Waals surface area contributed by atoms with Gasteiger partial charge in [0.05, 0.1) is 68.0 Å². The van der Waals surface area contributed by atoms with Gasteiger partial charge in [-0.15, -0.1) is 32.9 Å². The number of nitrogens with zero attached hydrogens (tertiary/aromatic N) is 6. The molecule has 22 nitrogen and oxygen atoms in total. The van der Waals surface area contributed by atoms with E-state index in [-0.39, 0.29) is 115 Å². The number of aromatic nitrogens is 3. The largest absolute Gasteiger partial charge is 0.483 e. The Bertz CT molecular complexity index is 6100. The summed E-state index contributed by atoms with van der Waals surface area (Å²) in [6, 6.07) is 40.1. The molecule has 3 N–H and O–H groups in total. The number of methoxy groups -OCH3 is 1. The molecule has 9 heterocycles. The van der Waals surface area contributed by atoms with Crippen LogP contribution in [-0.4, -0.2) is 163 Å². The number of likely N-dealkylation sites (tertiary alicyclic amines) is 3. The van der Waals surface area contributed by atoms with E-state index < -0.39 is 57.8 Å². The van der Waals surface area contributed by atoms with E-state index in [1.165, 1.54) is 48.4 Å². The quantitative estimate of drug-likeness (QED) is 0.0161. The van der Waals surface area contributed by atoms with Crippen molar-refractivity contribution >= 4 is 80.1 Å². The Morgan fingerprint density at radius 2 is 0.813 bits per heavy atom. The van der Waals surface area contributed by atoms with Gasteiger partial charge in [-0.2, -0.15) is 0 Å². The molecule has 734 valence electrons. The molecule has 9 aromatic rings. The fourth-order valence-corrected chi connectivity index (χ4v) is 21.3. The Morgan fingerprint density at radius 1 is 0.460 bits per heavy atom. The average Bonchev–Trinajstić information content (AvgIpc) is 1.59. The predicted molar refractivity (Wildman–Crippen MR) is 533 cm³/mol. The number of unbranched alkanes of at least 4 members (excludes halogenated alkanes) is 9. The highest BCUT2D eigenvalue weighted by atomic mass is 19.1. The number of benzene rings is 6. The lowest BCUT2D eigenvalue weighted by Crippen LogP contribution is -2.46. The molecular formula is C114H132F3N7O15. The Kier molecular flexibility index (Phi) is 33.2. The van der Waals surface area contributed by atoms with Crippen LogP contribution in [0, 0.1) is 52.5 Å². The van der Waals surface area contributed by atoms with E-state index in [4.69, 9.17) is 49.1 Å². The first kappa shape index (κ1) is 102. The van der Waals surface area contributed by atoms with Crippen molar-refractivity contribution in [2.24, 2.45) is 40.7 Å². The summed E-state index contributed by atoms with van der Waals surface area (Å²) in [7, 11) is 1.36. The molecular weight excluding hydrogens is 1760 g/mol. The number of hydrogen-bond donors (Lipinski definition) is 2. The zero-order chi connectivity index (χ0) is 99.1. The smallest absolute Gasteiger partial charge is 0.328 e. The van der Waals surface area contributed by atoms with Gasteiger partial charge in [0, 0.05) is 98.9 Å². The maximum absolute atomic E-state index is 14.5. The molecule has 2 aliphatic carbocycles. The Labute approximate surface area is 813 Å². The average molecular weight is 1900 g/mol. The van der Waals surface area contributed by atoms with Gasteiger partial charge in [0.2, 0.25) is 17.7 Å². The van der Waals surface area contributed by atoms with E-state index in [0.717, 1.165) is 146 Å². The number of Topliss-reactive ketones (excluding diaryl/α,β-unsaturated/α-hetero) is 1. The van der Waals surface area contributed by atoms with Crippen molar-refractivity contribution in [2.75, 3.05) is 40.0 Å². The molecule has 3 aromatic heterocycles. The van der Waals surface area contributed by atoms with Gasteiger partial charge >= 0.3 is 23.9 Å². The lowest BCUT2D eigenvalue weighted by molar-refractivity contribution is -0.152. The molecule has 0 unspecified atom stereocenters. The van der Waals surface area contributed by atoms with Crippen LogP contribution in [0.2, 0.25) is 0 Å². The Balaban J connectivity index is 0.000000158. The third kappa shape index (κ3) is 22.8. The molecule has 25 heteroatoms. The number of carboxylic acid groups (broad SMARTS) is 1. The van der Waals surface area contributed by atoms with Crippen molar-refractivity contribution < 1.29 is 85.1 Å². The number of hydrogen-bond acceptors (Lipinski definition) is 18. The Hall–Kier alpha value is -12.6. The third-order valence-electron chi connectivity index (χ3n) is 29.3. The van der Waals surface area contributed by atoms with E-state index in [0.29, 0.717) is 128 Å². The molecule has 2 saturated carbocycles. The van der Waals surface area contributed by atoms with Crippen molar-refractivity contribution in [3.05, 3.63) is 243 Å². The summed E-state index contributed by atoms with van der Waals surface area (Å²) < 4.78 is 78.9. The topological polar surface area (TPSA) is 287 Å².